The van der Waals surface area contributed by atoms with Crippen LogP contribution in [0.4, 0.5) is 0 Å². The molecule has 2 aromatic carbocycles. The Hall–Kier alpha value is -3.94. The van der Waals surface area contributed by atoms with Crippen LogP contribution in [0, 0.1) is 6.92 Å². The van der Waals surface area contributed by atoms with Crippen molar-refractivity contribution in [2.24, 2.45) is 0 Å². The highest BCUT2D eigenvalue weighted by Crippen LogP contribution is 2.36. The monoisotopic (exact) mass is 519 g/mol. The minimum Gasteiger partial charge on any atom is -0.492 e. The van der Waals surface area contributed by atoms with Crippen molar-refractivity contribution in [2.45, 2.75) is 19.8 Å². The van der Waals surface area contributed by atoms with Gasteiger partial charge in [-0.2, -0.15) is 5.10 Å². The van der Waals surface area contributed by atoms with Crippen LogP contribution in [0.25, 0.3) is 55.0 Å². The van der Waals surface area contributed by atoms with E-state index >= 15 is 0 Å². The zero-order chi connectivity index (χ0) is 25.5. The molecule has 0 unspecified atom stereocenters. The van der Waals surface area contributed by atoms with Crippen molar-refractivity contribution in [2.75, 3.05) is 26.2 Å². The van der Waals surface area contributed by atoms with Crippen LogP contribution in [-0.2, 0) is 0 Å². The van der Waals surface area contributed by atoms with Gasteiger partial charge >= 0.3 is 0 Å². The number of likely N-dealkylation sites (tertiary alicyclic amines) is 1. The summed E-state index contributed by atoms with van der Waals surface area (Å²) in [5, 5.41) is 11.1. The average molecular weight is 520 g/mol. The second-order valence-corrected chi connectivity index (χ2v) is 11.0. The lowest BCUT2D eigenvalue weighted by Crippen LogP contribution is -2.25. The molecule has 0 bridgehead atoms. The fourth-order valence-corrected chi connectivity index (χ4v) is 6.22. The van der Waals surface area contributed by atoms with E-state index in [-0.39, 0.29) is 0 Å². The Balaban J connectivity index is 1.22. The first-order valence-electron chi connectivity index (χ1n) is 13.2. The molecule has 0 atom stereocenters. The first-order chi connectivity index (χ1) is 18.7. The number of aromatic amines is 2. The van der Waals surface area contributed by atoms with Crippen LogP contribution in [0.1, 0.15) is 18.4 Å². The molecule has 7 rings (SSSR count). The van der Waals surface area contributed by atoms with E-state index in [1.54, 1.807) is 11.3 Å². The molecule has 0 spiro atoms. The molecule has 0 aliphatic carbocycles. The smallest absolute Gasteiger partial charge is 0.135 e. The van der Waals surface area contributed by atoms with Gasteiger partial charge < -0.3 is 9.72 Å². The number of thiophene rings is 1. The van der Waals surface area contributed by atoms with Crippen LogP contribution in [0.2, 0.25) is 0 Å². The molecule has 0 saturated carbocycles. The van der Waals surface area contributed by atoms with E-state index in [4.69, 9.17) is 9.72 Å². The largest absolute Gasteiger partial charge is 0.492 e. The van der Waals surface area contributed by atoms with E-state index in [0.717, 1.165) is 57.1 Å². The third-order valence-corrected chi connectivity index (χ3v) is 8.24. The predicted molar refractivity (Wildman–Crippen MR) is 156 cm³/mol. The van der Waals surface area contributed by atoms with Gasteiger partial charge in [0.1, 0.15) is 23.6 Å². The van der Waals surface area contributed by atoms with Crippen LogP contribution >= 0.6 is 11.3 Å². The molecule has 6 nitrogen and oxygen atoms in total. The molecule has 1 fully saturated rings. The Kier molecular flexibility index (Phi) is 5.95. The maximum absolute atomic E-state index is 6.16. The fraction of sp³-hybridized carbons (Fsp3) is 0.226. The maximum Gasteiger partial charge on any atom is 0.135 e. The summed E-state index contributed by atoms with van der Waals surface area (Å²) in [6, 6.07) is 23.3. The third kappa shape index (κ3) is 4.38. The molecule has 190 valence electrons. The average Bonchev–Trinajstić information content (AvgIpc) is 3.74. The fourth-order valence-electron chi connectivity index (χ4n) is 5.45. The summed E-state index contributed by atoms with van der Waals surface area (Å²) in [7, 11) is 0. The number of nitrogens with zero attached hydrogens (tertiary/aromatic N) is 3. The number of nitrogens with one attached hydrogen (secondary N) is 2. The van der Waals surface area contributed by atoms with Crippen LogP contribution in [0.15, 0.2) is 72.1 Å². The summed E-state index contributed by atoms with van der Waals surface area (Å²) >= 11 is 1.75. The van der Waals surface area contributed by atoms with E-state index in [1.165, 1.54) is 41.8 Å². The molecule has 5 heterocycles. The number of aryl methyl sites for hydroxylation is 1. The third-order valence-electron chi connectivity index (χ3n) is 7.34. The summed E-state index contributed by atoms with van der Waals surface area (Å²) in [5.41, 5.74) is 8.97. The number of hydrogen-bond acceptors (Lipinski definition) is 5. The van der Waals surface area contributed by atoms with Crippen LogP contribution in [0.5, 0.6) is 5.75 Å². The highest BCUT2D eigenvalue weighted by atomic mass is 32.1. The van der Waals surface area contributed by atoms with Gasteiger partial charge in [-0.05, 0) is 92.3 Å². The number of pyridine rings is 1. The quantitative estimate of drug-likeness (QED) is 0.232. The second kappa shape index (κ2) is 9.74. The van der Waals surface area contributed by atoms with Crippen molar-refractivity contribution in [1.82, 2.24) is 25.1 Å². The summed E-state index contributed by atoms with van der Waals surface area (Å²) in [6.07, 6.45) is 2.60. The molecule has 4 aromatic heterocycles. The van der Waals surface area contributed by atoms with Crippen molar-refractivity contribution in [3.63, 3.8) is 0 Å². The van der Waals surface area contributed by atoms with Gasteiger partial charge in [-0.1, -0.05) is 18.2 Å². The summed E-state index contributed by atoms with van der Waals surface area (Å²) in [4.78, 5) is 12.4. The second-order valence-electron chi connectivity index (χ2n) is 10.0. The zero-order valence-electron chi connectivity index (χ0n) is 21.3. The highest BCUT2D eigenvalue weighted by Gasteiger charge is 2.16. The number of aromatic nitrogens is 4. The topological polar surface area (TPSA) is 69.8 Å². The minimum absolute atomic E-state index is 0.703. The van der Waals surface area contributed by atoms with Crippen molar-refractivity contribution in [3.05, 3.63) is 77.7 Å². The Morgan fingerprint density at radius 2 is 1.89 bits per heavy atom. The molecule has 6 aromatic rings. The van der Waals surface area contributed by atoms with E-state index < -0.39 is 0 Å². The van der Waals surface area contributed by atoms with E-state index in [1.807, 2.05) is 6.07 Å². The Bertz CT molecular complexity index is 1730. The first-order valence-corrected chi connectivity index (χ1v) is 14.1. The van der Waals surface area contributed by atoms with Gasteiger partial charge in [0.15, 0.2) is 0 Å². The Labute approximate surface area is 225 Å². The van der Waals surface area contributed by atoms with Crippen molar-refractivity contribution >= 4 is 33.3 Å². The SMILES string of the molecule is Cc1cc(OCCN2CCCC2)cc(-c2ccc3[nH]nc(-c4cc5c(-c6cccs6)cccc5[nH]4)c3n2)c1. The predicted octanol–water partition coefficient (Wildman–Crippen LogP) is 7.28. The van der Waals surface area contributed by atoms with Gasteiger partial charge in [0.2, 0.25) is 0 Å². The van der Waals surface area contributed by atoms with E-state index in [0.29, 0.717) is 6.61 Å². The molecular formula is C31H29N5OS. The normalized spacial score (nSPS) is 14.1. The van der Waals surface area contributed by atoms with Crippen molar-refractivity contribution in [3.8, 4) is 38.8 Å². The van der Waals surface area contributed by atoms with Crippen molar-refractivity contribution in [1.29, 1.82) is 0 Å². The van der Waals surface area contributed by atoms with Crippen LogP contribution in [0.3, 0.4) is 0 Å². The number of H-pyrrole nitrogens is 2. The molecular weight excluding hydrogens is 490 g/mol. The standard InChI is InChI=1S/C31H29N5OS/c1-20-16-21(18-22(17-20)37-14-13-36-11-2-3-12-36)25-9-10-27-30(33-25)31(35-34-27)28-19-24-23(29-8-5-15-38-29)6-4-7-26(24)32-28/h4-10,15-19,32H,2-3,11-14H2,1H3,(H,34,35). The zero-order valence-corrected chi connectivity index (χ0v) is 22.1. The number of rotatable bonds is 7. The lowest BCUT2D eigenvalue weighted by atomic mass is 10.1. The number of benzene rings is 2. The molecule has 7 heteroatoms. The van der Waals surface area contributed by atoms with Gasteiger partial charge in [-0.25, -0.2) is 4.98 Å². The summed E-state index contributed by atoms with van der Waals surface area (Å²) in [5.74, 6) is 0.894. The van der Waals surface area contributed by atoms with Crippen molar-refractivity contribution < 1.29 is 4.74 Å². The maximum atomic E-state index is 6.16. The van der Waals surface area contributed by atoms with Gasteiger partial charge in [0.25, 0.3) is 0 Å². The summed E-state index contributed by atoms with van der Waals surface area (Å²) in [6.45, 7) is 6.16. The lowest BCUT2D eigenvalue weighted by molar-refractivity contribution is 0.238. The summed E-state index contributed by atoms with van der Waals surface area (Å²) < 4.78 is 6.16. The molecule has 38 heavy (non-hydrogen) atoms. The number of hydrogen-bond donors (Lipinski definition) is 2. The lowest BCUT2D eigenvalue weighted by Gasteiger charge is -2.15. The van der Waals surface area contributed by atoms with Gasteiger partial charge in [0, 0.05) is 33.5 Å². The van der Waals surface area contributed by atoms with Gasteiger partial charge in [0.05, 0.1) is 16.9 Å². The van der Waals surface area contributed by atoms with Gasteiger partial charge in [-0.15, -0.1) is 11.3 Å². The van der Waals surface area contributed by atoms with Gasteiger partial charge in [-0.3, -0.25) is 10.00 Å². The number of ether oxygens (including phenoxy) is 1. The number of fused-ring (bicyclic) bond motifs is 2. The molecule has 2 N–H and O–H groups in total. The molecule has 1 aliphatic heterocycles. The Morgan fingerprint density at radius 1 is 0.974 bits per heavy atom. The van der Waals surface area contributed by atoms with Crippen LogP contribution < -0.4 is 4.74 Å². The first kappa shape index (κ1) is 23.2. The molecule has 0 amide bonds. The molecule has 1 saturated heterocycles. The van der Waals surface area contributed by atoms with Crippen LogP contribution in [-0.4, -0.2) is 51.3 Å². The Morgan fingerprint density at radius 3 is 2.76 bits per heavy atom. The van der Waals surface area contributed by atoms with E-state index in [9.17, 15) is 0 Å². The highest BCUT2D eigenvalue weighted by molar-refractivity contribution is 7.13. The molecule has 0 radical (unpaired) electrons. The van der Waals surface area contributed by atoms with E-state index in [2.05, 4.69) is 93.0 Å². The molecule has 1 aliphatic rings. The minimum atomic E-state index is 0.703.